The summed E-state index contributed by atoms with van der Waals surface area (Å²) in [6, 6.07) is 11.3. The molecule has 0 fully saturated rings. The summed E-state index contributed by atoms with van der Waals surface area (Å²) in [5, 5.41) is 6.00. The summed E-state index contributed by atoms with van der Waals surface area (Å²) in [4.78, 5) is 0. The normalized spacial score (nSPS) is 15.1. The first-order chi connectivity index (χ1) is 6.64. The van der Waals surface area contributed by atoms with Gasteiger partial charge in [0.25, 0.3) is 8.48 Å². The number of benzene rings is 1. The van der Waals surface area contributed by atoms with Crippen LogP contribution in [0.1, 0.15) is 12.5 Å². The third-order valence-electron chi connectivity index (χ3n) is 2.37. The first kappa shape index (κ1) is 11.4. The third kappa shape index (κ3) is 4.04. The fourth-order valence-corrected chi connectivity index (χ4v) is 1.92. The quantitative estimate of drug-likeness (QED) is 0.755. The van der Waals surface area contributed by atoms with Crippen LogP contribution < -0.4 is 5.40 Å². The molecular formula is C11H19NOSi. The number of rotatable bonds is 5. The molecule has 0 heterocycles. The summed E-state index contributed by atoms with van der Waals surface area (Å²) in [7, 11) is -1.83. The third-order valence-corrected chi connectivity index (χ3v) is 4.63. The van der Waals surface area contributed by atoms with Crippen molar-refractivity contribution in [2.75, 3.05) is 6.61 Å². The average Bonchev–Trinajstić information content (AvgIpc) is 2.19. The minimum atomic E-state index is -1.83. The van der Waals surface area contributed by atoms with E-state index in [1.54, 1.807) is 0 Å². The molecular weight excluding hydrogens is 190 g/mol. The van der Waals surface area contributed by atoms with Crippen molar-refractivity contribution < 1.29 is 4.43 Å². The molecule has 3 heteroatoms. The van der Waals surface area contributed by atoms with Gasteiger partial charge >= 0.3 is 0 Å². The lowest BCUT2D eigenvalue weighted by Gasteiger charge is -2.19. The van der Waals surface area contributed by atoms with Gasteiger partial charge in [-0.2, -0.15) is 0 Å². The van der Waals surface area contributed by atoms with E-state index in [-0.39, 0.29) is 0 Å². The van der Waals surface area contributed by atoms with E-state index in [0.717, 1.165) is 19.1 Å². The Hall–Kier alpha value is -0.643. The summed E-state index contributed by atoms with van der Waals surface area (Å²) < 4.78 is 5.70. The van der Waals surface area contributed by atoms with E-state index in [0.29, 0.717) is 0 Å². The molecule has 0 aliphatic carbocycles. The van der Waals surface area contributed by atoms with Crippen LogP contribution in [0, 0.1) is 0 Å². The molecule has 14 heavy (non-hydrogen) atoms. The van der Waals surface area contributed by atoms with Crippen molar-refractivity contribution in [3.63, 3.8) is 0 Å². The molecule has 0 aromatic heterocycles. The van der Waals surface area contributed by atoms with Gasteiger partial charge in [-0.3, -0.25) is 0 Å². The molecule has 1 rings (SSSR count). The van der Waals surface area contributed by atoms with Gasteiger partial charge in [-0.1, -0.05) is 37.3 Å². The Balaban J connectivity index is 2.29. The molecule has 0 radical (unpaired) electrons. The minimum absolute atomic E-state index is 0.747. The Kier molecular flexibility index (Phi) is 4.32. The minimum Gasteiger partial charge on any atom is -0.403 e. The molecule has 2 N–H and O–H groups in total. The van der Waals surface area contributed by atoms with E-state index in [9.17, 15) is 0 Å². The lowest BCUT2D eigenvalue weighted by atomic mass is 10.2. The zero-order valence-electron chi connectivity index (χ0n) is 8.99. The number of hydrogen-bond acceptors (Lipinski definition) is 2. The molecule has 0 spiro atoms. The predicted octanol–water partition coefficient (Wildman–Crippen LogP) is 2.30. The fraction of sp³-hybridized carbons (Fsp3) is 0.455. The standard InChI is InChI=1S/C11H19NOSi/c1-3-14(2,12)13-10-9-11-7-5-4-6-8-11/h4-8H,3,9-10,12H2,1-2H3. The second kappa shape index (κ2) is 5.29. The van der Waals surface area contributed by atoms with Crippen LogP contribution in [0.4, 0.5) is 0 Å². The highest BCUT2D eigenvalue weighted by Crippen LogP contribution is 2.05. The van der Waals surface area contributed by atoms with Crippen LogP contribution in [0.3, 0.4) is 0 Å². The lowest BCUT2D eigenvalue weighted by Crippen LogP contribution is -2.45. The molecule has 0 saturated heterocycles. The fourth-order valence-electron chi connectivity index (χ4n) is 1.15. The highest BCUT2D eigenvalue weighted by Gasteiger charge is 2.20. The van der Waals surface area contributed by atoms with Gasteiger partial charge in [0.05, 0.1) is 0 Å². The topological polar surface area (TPSA) is 35.2 Å². The van der Waals surface area contributed by atoms with Gasteiger partial charge < -0.3 is 9.83 Å². The van der Waals surface area contributed by atoms with Crippen molar-refractivity contribution in [1.82, 2.24) is 0 Å². The first-order valence-corrected chi connectivity index (χ1v) is 7.80. The summed E-state index contributed by atoms with van der Waals surface area (Å²) >= 11 is 0. The molecule has 0 saturated carbocycles. The van der Waals surface area contributed by atoms with Crippen LogP contribution in [0.2, 0.25) is 12.6 Å². The largest absolute Gasteiger partial charge is 0.403 e. The maximum atomic E-state index is 6.00. The Morgan fingerprint density at radius 3 is 2.50 bits per heavy atom. The van der Waals surface area contributed by atoms with Gasteiger partial charge in [-0.25, -0.2) is 0 Å². The van der Waals surface area contributed by atoms with E-state index in [1.165, 1.54) is 5.56 Å². The zero-order valence-corrected chi connectivity index (χ0v) is 9.99. The van der Waals surface area contributed by atoms with E-state index >= 15 is 0 Å². The average molecular weight is 209 g/mol. The monoisotopic (exact) mass is 209 g/mol. The molecule has 2 nitrogen and oxygen atoms in total. The van der Waals surface area contributed by atoms with Gasteiger partial charge in [0.2, 0.25) is 0 Å². The first-order valence-electron chi connectivity index (χ1n) is 5.11. The lowest BCUT2D eigenvalue weighted by molar-refractivity contribution is 0.308. The molecule has 0 aliphatic heterocycles. The molecule has 1 unspecified atom stereocenters. The van der Waals surface area contributed by atoms with Crippen LogP contribution in [-0.4, -0.2) is 15.1 Å². The highest BCUT2D eigenvalue weighted by atomic mass is 28.4. The maximum absolute atomic E-state index is 6.00. The van der Waals surface area contributed by atoms with Gasteiger partial charge in [0.1, 0.15) is 0 Å². The van der Waals surface area contributed by atoms with Crippen LogP contribution in [0.5, 0.6) is 0 Å². The van der Waals surface area contributed by atoms with E-state index < -0.39 is 8.48 Å². The number of hydrogen-bond donors (Lipinski definition) is 1. The summed E-state index contributed by atoms with van der Waals surface area (Å²) in [5.74, 6) is 0. The Morgan fingerprint density at radius 1 is 1.29 bits per heavy atom. The molecule has 78 valence electrons. The zero-order chi connectivity index (χ0) is 10.4. The van der Waals surface area contributed by atoms with Crippen molar-refractivity contribution >= 4 is 8.48 Å². The molecule has 1 aromatic carbocycles. The second-order valence-corrected chi connectivity index (χ2v) is 7.37. The van der Waals surface area contributed by atoms with Crippen molar-refractivity contribution in [3.05, 3.63) is 35.9 Å². The maximum Gasteiger partial charge on any atom is 0.262 e. The molecule has 0 aliphatic rings. The van der Waals surface area contributed by atoms with E-state index in [2.05, 4.69) is 25.6 Å². The van der Waals surface area contributed by atoms with Crippen LogP contribution >= 0.6 is 0 Å². The smallest absolute Gasteiger partial charge is 0.262 e. The Bertz CT molecular complexity index is 261. The molecule has 0 bridgehead atoms. The number of nitrogens with two attached hydrogens (primary N) is 1. The summed E-state index contributed by atoms with van der Waals surface area (Å²) in [6.07, 6.45) is 0.959. The van der Waals surface area contributed by atoms with E-state index in [1.807, 2.05) is 18.2 Å². The van der Waals surface area contributed by atoms with Gasteiger partial charge in [-0.15, -0.1) is 0 Å². The van der Waals surface area contributed by atoms with Gasteiger partial charge in [0.15, 0.2) is 0 Å². The molecule has 1 atom stereocenters. The molecule has 1 aromatic rings. The SMILES string of the molecule is CC[Si](C)(N)OCCc1ccccc1. The summed E-state index contributed by atoms with van der Waals surface area (Å²) in [6.45, 7) is 4.89. The Morgan fingerprint density at radius 2 is 1.93 bits per heavy atom. The van der Waals surface area contributed by atoms with Crippen molar-refractivity contribution in [1.29, 1.82) is 0 Å². The van der Waals surface area contributed by atoms with Gasteiger partial charge in [-0.05, 0) is 24.6 Å². The summed E-state index contributed by atoms with van der Waals surface area (Å²) in [5.41, 5.74) is 1.31. The Labute approximate surface area is 87.3 Å². The van der Waals surface area contributed by atoms with Crippen molar-refractivity contribution in [3.8, 4) is 0 Å². The second-order valence-electron chi connectivity index (χ2n) is 3.75. The van der Waals surface area contributed by atoms with Crippen LogP contribution in [0.15, 0.2) is 30.3 Å². The van der Waals surface area contributed by atoms with Crippen molar-refractivity contribution in [2.45, 2.75) is 25.9 Å². The van der Waals surface area contributed by atoms with Gasteiger partial charge in [0, 0.05) is 6.61 Å². The molecule has 0 amide bonds. The van der Waals surface area contributed by atoms with Crippen LogP contribution in [-0.2, 0) is 10.8 Å². The van der Waals surface area contributed by atoms with Crippen LogP contribution in [0.25, 0.3) is 0 Å². The predicted molar refractivity (Wildman–Crippen MR) is 62.4 cm³/mol. The van der Waals surface area contributed by atoms with E-state index in [4.69, 9.17) is 9.83 Å². The highest BCUT2D eigenvalue weighted by molar-refractivity contribution is 6.69. The van der Waals surface area contributed by atoms with Crippen molar-refractivity contribution in [2.24, 2.45) is 5.40 Å².